The number of carbonyl (C=O) groups excluding carboxylic acids is 1. The quantitative estimate of drug-likeness (QED) is 0.623. The van der Waals surface area contributed by atoms with E-state index in [1.807, 2.05) is 26.0 Å². The highest BCUT2D eigenvalue weighted by atomic mass is 19.1. The number of piperazine rings is 1. The van der Waals surface area contributed by atoms with Gasteiger partial charge in [0.1, 0.15) is 5.82 Å². The number of aryl methyl sites for hydroxylation is 4. The fourth-order valence-electron chi connectivity index (χ4n) is 4.25. The van der Waals surface area contributed by atoms with Crippen LogP contribution >= 0.6 is 0 Å². The van der Waals surface area contributed by atoms with Crippen molar-refractivity contribution >= 4 is 17.3 Å². The molecule has 0 unspecified atom stereocenters. The first kappa shape index (κ1) is 22.0. The van der Waals surface area contributed by atoms with Gasteiger partial charge in [0, 0.05) is 48.7 Å². The normalized spacial score (nSPS) is 13.8. The van der Waals surface area contributed by atoms with Gasteiger partial charge in [0.25, 0.3) is 5.91 Å². The molecule has 1 fully saturated rings. The van der Waals surface area contributed by atoms with E-state index in [0.717, 1.165) is 60.1 Å². The van der Waals surface area contributed by atoms with Crippen molar-refractivity contribution < 1.29 is 9.18 Å². The van der Waals surface area contributed by atoms with Gasteiger partial charge in [-0.3, -0.25) is 9.78 Å². The zero-order valence-electron chi connectivity index (χ0n) is 19.1. The minimum absolute atomic E-state index is 0.247. The molecule has 2 heterocycles. The second kappa shape index (κ2) is 9.09. The van der Waals surface area contributed by atoms with E-state index in [1.165, 1.54) is 0 Å². The van der Waals surface area contributed by atoms with Gasteiger partial charge in [-0.1, -0.05) is 12.1 Å². The van der Waals surface area contributed by atoms with Crippen molar-refractivity contribution in [2.45, 2.75) is 27.7 Å². The maximum absolute atomic E-state index is 14.1. The van der Waals surface area contributed by atoms with E-state index < -0.39 is 0 Å². The molecule has 1 aromatic heterocycles. The highest BCUT2D eigenvalue weighted by Crippen LogP contribution is 2.33. The number of hydrogen-bond donors (Lipinski definition) is 2. The number of halogens is 1. The molecule has 3 aromatic rings. The van der Waals surface area contributed by atoms with Gasteiger partial charge < -0.3 is 15.5 Å². The molecular weight excluding hydrogens is 403 g/mol. The Labute approximate surface area is 188 Å². The smallest absolute Gasteiger partial charge is 0.255 e. The molecule has 32 heavy (non-hydrogen) atoms. The Bertz CT molecular complexity index is 1150. The number of nitrogens with one attached hydrogen (secondary N) is 2. The van der Waals surface area contributed by atoms with Crippen LogP contribution in [0.3, 0.4) is 0 Å². The molecule has 2 aromatic carbocycles. The van der Waals surface area contributed by atoms with Gasteiger partial charge >= 0.3 is 0 Å². The predicted molar refractivity (Wildman–Crippen MR) is 128 cm³/mol. The van der Waals surface area contributed by atoms with Gasteiger partial charge in [-0.05, 0) is 74.7 Å². The molecule has 0 bridgehead atoms. The van der Waals surface area contributed by atoms with Crippen LogP contribution in [-0.2, 0) is 0 Å². The van der Waals surface area contributed by atoms with E-state index in [2.05, 4.69) is 38.7 Å². The molecule has 5 nitrogen and oxygen atoms in total. The highest BCUT2D eigenvalue weighted by molar-refractivity contribution is 6.06. The molecule has 6 heteroatoms. The fourth-order valence-corrected chi connectivity index (χ4v) is 4.25. The lowest BCUT2D eigenvalue weighted by atomic mass is 10.0. The molecule has 4 rings (SSSR count). The number of amides is 1. The number of benzene rings is 2. The lowest BCUT2D eigenvalue weighted by Gasteiger charge is -2.31. The first-order valence-corrected chi connectivity index (χ1v) is 11.0. The molecule has 1 aliphatic rings. The zero-order chi connectivity index (χ0) is 22.8. The number of pyridine rings is 1. The number of rotatable bonds is 4. The average molecular weight is 433 g/mol. The van der Waals surface area contributed by atoms with E-state index in [1.54, 1.807) is 26.0 Å². The summed E-state index contributed by atoms with van der Waals surface area (Å²) < 4.78 is 14.1. The second-order valence-electron chi connectivity index (χ2n) is 8.43. The van der Waals surface area contributed by atoms with E-state index in [-0.39, 0.29) is 11.7 Å². The summed E-state index contributed by atoms with van der Waals surface area (Å²) in [6, 6.07) is 13.4. The summed E-state index contributed by atoms with van der Waals surface area (Å²) in [4.78, 5) is 20.0. The van der Waals surface area contributed by atoms with Gasteiger partial charge in [-0.2, -0.15) is 0 Å². The first-order valence-electron chi connectivity index (χ1n) is 11.0. The number of anilines is 2. The van der Waals surface area contributed by atoms with E-state index in [0.29, 0.717) is 16.7 Å². The minimum atomic E-state index is -0.271. The lowest BCUT2D eigenvalue weighted by Crippen LogP contribution is -2.43. The Kier molecular flexibility index (Phi) is 6.24. The molecule has 1 aliphatic heterocycles. The van der Waals surface area contributed by atoms with Crippen LogP contribution in [0.1, 0.15) is 32.9 Å². The van der Waals surface area contributed by atoms with Gasteiger partial charge in [0.2, 0.25) is 0 Å². The average Bonchev–Trinajstić information content (AvgIpc) is 2.77. The molecule has 2 N–H and O–H groups in total. The van der Waals surface area contributed by atoms with Crippen LogP contribution in [0.4, 0.5) is 15.8 Å². The first-order chi connectivity index (χ1) is 15.3. The Morgan fingerprint density at radius 3 is 2.34 bits per heavy atom. The molecule has 0 atom stereocenters. The third-order valence-corrected chi connectivity index (χ3v) is 5.94. The van der Waals surface area contributed by atoms with Crippen LogP contribution < -0.4 is 15.5 Å². The van der Waals surface area contributed by atoms with Gasteiger partial charge in [0.15, 0.2) is 0 Å². The molecule has 1 saturated heterocycles. The molecular formula is C26H29FN4O. The summed E-state index contributed by atoms with van der Waals surface area (Å²) in [6.45, 7) is 10.8. The van der Waals surface area contributed by atoms with Crippen LogP contribution in [0.2, 0.25) is 0 Å². The van der Waals surface area contributed by atoms with Crippen LogP contribution in [0, 0.1) is 33.5 Å². The van der Waals surface area contributed by atoms with Crippen molar-refractivity contribution in [1.29, 1.82) is 0 Å². The van der Waals surface area contributed by atoms with Crippen LogP contribution in [-0.4, -0.2) is 37.1 Å². The van der Waals surface area contributed by atoms with Crippen LogP contribution in [0.5, 0.6) is 0 Å². The van der Waals surface area contributed by atoms with Crippen molar-refractivity contribution in [3.63, 3.8) is 0 Å². The minimum Gasteiger partial charge on any atom is -0.367 e. The third kappa shape index (κ3) is 4.50. The Hall–Kier alpha value is -3.25. The van der Waals surface area contributed by atoms with Crippen molar-refractivity contribution in [1.82, 2.24) is 10.3 Å². The van der Waals surface area contributed by atoms with Gasteiger partial charge in [-0.25, -0.2) is 4.39 Å². The van der Waals surface area contributed by atoms with E-state index >= 15 is 0 Å². The van der Waals surface area contributed by atoms with Gasteiger partial charge in [0.05, 0.1) is 11.4 Å². The molecule has 0 spiro atoms. The van der Waals surface area contributed by atoms with Crippen LogP contribution in [0.25, 0.3) is 11.1 Å². The molecule has 0 radical (unpaired) electrons. The second-order valence-corrected chi connectivity index (χ2v) is 8.43. The Balaban J connectivity index is 1.74. The number of nitrogens with zero attached hydrogens (tertiary/aromatic N) is 2. The summed E-state index contributed by atoms with van der Waals surface area (Å²) in [5.74, 6) is -0.518. The number of carbonyl (C=O) groups is 1. The Morgan fingerprint density at radius 2 is 1.69 bits per heavy atom. The Morgan fingerprint density at radius 1 is 1.00 bits per heavy atom. The van der Waals surface area contributed by atoms with Crippen molar-refractivity contribution in [2.75, 3.05) is 36.4 Å². The monoisotopic (exact) mass is 432 g/mol. The lowest BCUT2D eigenvalue weighted by molar-refractivity contribution is 0.102. The van der Waals surface area contributed by atoms with Crippen LogP contribution in [0.15, 0.2) is 42.5 Å². The summed E-state index contributed by atoms with van der Waals surface area (Å²) in [6.07, 6.45) is 0. The topological polar surface area (TPSA) is 57.3 Å². The maximum Gasteiger partial charge on any atom is 0.255 e. The molecule has 0 saturated carbocycles. The highest BCUT2D eigenvalue weighted by Gasteiger charge is 2.19. The SMILES string of the molecule is Cc1ccc(-c2ccc(N3CCNCC3)c(NC(=O)c3cc(C)c(F)c(C)c3)c2)c(C)n1. The maximum atomic E-state index is 14.1. The summed E-state index contributed by atoms with van der Waals surface area (Å²) in [7, 11) is 0. The van der Waals surface area contributed by atoms with Crippen molar-refractivity contribution in [3.05, 3.63) is 76.4 Å². The molecule has 1 amide bonds. The standard InChI is InChI=1S/C26H29FN4O/c1-16-13-21(14-17(2)25(16)27)26(32)30-23-15-20(22-7-5-18(3)29-19(22)4)6-8-24(23)31-11-9-28-10-12-31/h5-8,13-15,28H,9-12H2,1-4H3,(H,30,32). The summed E-state index contributed by atoms with van der Waals surface area (Å²) in [5.41, 5.74) is 7.06. The number of aromatic nitrogens is 1. The summed E-state index contributed by atoms with van der Waals surface area (Å²) >= 11 is 0. The van der Waals surface area contributed by atoms with E-state index in [9.17, 15) is 9.18 Å². The molecule has 166 valence electrons. The zero-order valence-corrected chi connectivity index (χ0v) is 19.1. The third-order valence-electron chi connectivity index (χ3n) is 5.94. The fraction of sp³-hybridized carbons (Fsp3) is 0.308. The summed E-state index contributed by atoms with van der Waals surface area (Å²) in [5, 5.41) is 6.46. The predicted octanol–water partition coefficient (Wildman–Crippen LogP) is 4.78. The van der Waals surface area contributed by atoms with Crippen molar-refractivity contribution in [2.24, 2.45) is 0 Å². The van der Waals surface area contributed by atoms with Gasteiger partial charge in [-0.15, -0.1) is 0 Å². The van der Waals surface area contributed by atoms with E-state index in [4.69, 9.17) is 0 Å². The largest absolute Gasteiger partial charge is 0.367 e. The van der Waals surface area contributed by atoms with Crippen molar-refractivity contribution in [3.8, 4) is 11.1 Å². The molecule has 0 aliphatic carbocycles. The number of hydrogen-bond acceptors (Lipinski definition) is 4.